The summed E-state index contributed by atoms with van der Waals surface area (Å²) in [7, 11) is -3.90. The van der Waals surface area contributed by atoms with E-state index in [0.717, 1.165) is 22.3 Å². The summed E-state index contributed by atoms with van der Waals surface area (Å²) in [5.41, 5.74) is 1.99. The van der Waals surface area contributed by atoms with Gasteiger partial charge in [0.1, 0.15) is 0 Å². The summed E-state index contributed by atoms with van der Waals surface area (Å²) >= 11 is 0.919. The zero-order valence-corrected chi connectivity index (χ0v) is 19.5. The lowest BCUT2D eigenvalue weighted by molar-refractivity contribution is 0.458. The van der Waals surface area contributed by atoms with Crippen LogP contribution < -0.4 is 9.18 Å². The fourth-order valence-electron chi connectivity index (χ4n) is 3.89. The average molecular weight is 489 g/mol. The molecule has 0 fully saturated rings. The van der Waals surface area contributed by atoms with Gasteiger partial charge in [-0.25, -0.2) is 8.42 Å². The molecular formula is C26H20N2O4S2. The number of sulfonamides is 1. The van der Waals surface area contributed by atoms with E-state index in [9.17, 15) is 18.3 Å². The molecule has 0 saturated carbocycles. The molecule has 5 aromatic rings. The number of fused-ring (bicyclic) bond motifs is 1. The van der Waals surface area contributed by atoms with Crippen LogP contribution in [0.15, 0.2) is 107 Å². The number of aromatic hydroxyl groups is 1. The number of nitrogens with one attached hydrogen (secondary N) is 1. The number of nitrogens with zero attached hydrogens (tertiary/aromatic N) is 1. The molecule has 1 heterocycles. The van der Waals surface area contributed by atoms with Gasteiger partial charge in [0, 0.05) is 5.39 Å². The lowest BCUT2D eigenvalue weighted by Gasteiger charge is -2.25. The van der Waals surface area contributed by atoms with Crippen LogP contribution in [0.1, 0.15) is 5.56 Å². The predicted molar refractivity (Wildman–Crippen MR) is 136 cm³/mol. The number of benzene rings is 4. The van der Waals surface area contributed by atoms with E-state index in [1.54, 1.807) is 60.7 Å². The Morgan fingerprint density at radius 3 is 2.21 bits per heavy atom. The quantitative estimate of drug-likeness (QED) is 0.337. The van der Waals surface area contributed by atoms with E-state index in [1.807, 2.05) is 36.4 Å². The van der Waals surface area contributed by atoms with Crippen molar-refractivity contribution in [3.8, 4) is 16.3 Å². The molecule has 2 N–H and O–H groups in total. The summed E-state index contributed by atoms with van der Waals surface area (Å²) in [6, 6.07) is 28.8. The number of hydrogen-bond donors (Lipinski definition) is 2. The molecule has 170 valence electrons. The predicted octanol–water partition coefficient (Wildman–Crippen LogP) is 5.36. The fraction of sp³-hybridized carbons (Fsp3) is 0.0385. The summed E-state index contributed by atoms with van der Waals surface area (Å²) in [6.45, 7) is 0.116. The van der Waals surface area contributed by atoms with Crippen molar-refractivity contribution in [3.63, 3.8) is 0 Å². The van der Waals surface area contributed by atoms with Gasteiger partial charge in [-0.1, -0.05) is 90.2 Å². The van der Waals surface area contributed by atoms with Gasteiger partial charge >= 0.3 is 4.87 Å². The third kappa shape index (κ3) is 4.09. The Labute approximate surface area is 200 Å². The van der Waals surface area contributed by atoms with Gasteiger partial charge in [0.2, 0.25) is 5.88 Å². The fourth-order valence-corrected chi connectivity index (χ4v) is 6.30. The van der Waals surface area contributed by atoms with Crippen LogP contribution in [0.3, 0.4) is 0 Å². The van der Waals surface area contributed by atoms with Crippen LogP contribution in [0.5, 0.6) is 5.88 Å². The maximum atomic E-state index is 13.9. The molecule has 0 aliphatic carbocycles. The molecule has 34 heavy (non-hydrogen) atoms. The normalized spacial score (nSPS) is 11.5. The Bertz CT molecular complexity index is 1620. The maximum Gasteiger partial charge on any atom is 0.307 e. The zero-order chi connectivity index (χ0) is 23.7. The van der Waals surface area contributed by atoms with E-state index in [-0.39, 0.29) is 22.2 Å². The minimum absolute atomic E-state index is 0.116. The number of hydrogen-bond acceptors (Lipinski definition) is 5. The smallest absolute Gasteiger partial charge is 0.307 e. The van der Waals surface area contributed by atoms with E-state index in [0.29, 0.717) is 21.5 Å². The standard InChI is InChI=1S/C26H20N2O4S2/c29-25-24(33-26(30)27-25)20-15-13-18(14-16-20)17-28(21-9-2-1-3-10-21)34(31,32)23-12-6-8-19-7-4-5-11-22(19)23/h1-16,29H,17H2,(H,27,30). The molecule has 0 spiro atoms. The average Bonchev–Trinajstić information content (AvgIpc) is 3.20. The highest BCUT2D eigenvalue weighted by Crippen LogP contribution is 2.32. The van der Waals surface area contributed by atoms with Gasteiger partial charge in [-0.15, -0.1) is 0 Å². The lowest BCUT2D eigenvalue weighted by Crippen LogP contribution is -2.30. The largest absolute Gasteiger partial charge is 0.493 e. The molecule has 5 rings (SSSR count). The minimum atomic E-state index is -3.90. The second kappa shape index (κ2) is 8.81. The molecule has 0 aliphatic rings. The van der Waals surface area contributed by atoms with Crippen molar-refractivity contribution < 1.29 is 13.5 Å². The first kappa shape index (κ1) is 21.9. The van der Waals surface area contributed by atoms with Crippen molar-refractivity contribution in [3.05, 3.63) is 112 Å². The van der Waals surface area contributed by atoms with Crippen LogP contribution in [0.2, 0.25) is 0 Å². The van der Waals surface area contributed by atoms with E-state index in [4.69, 9.17) is 0 Å². The van der Waals surface area contributed by atoms with Crippen molar-refractivity contribution in [1.82, 2.24) is 4.98 Å². The second-order valence-corrected chi connectivity index (χ2v) is 10.5. The number of rotatable bonds is 6. The third-order valence-electron chi connectivity index (χ3n) is 5.53. The van der Waals surface area contributed by atoms with Crippen LogP contribution in [-0.2, 0) is 16.6 Å². The Morgan fingerprint density at radius 2 is 1.50 bits per heavy atom. The minimum Gasteiger partial charge on any atom is -0.493 e. The summed E-state index contributed by atoms with van der Waals surface area (Å²) in [4.78, 5) is 14.2. The first-order valence-corrected chi connectivity index (χ1v) is 12.8. The van der Waals surface area contributed by atoms with Crippen molar-refractivity contribution in [2.45, 2.75) is 11.4 Å². The van der Waals surface area contributed by atoms with Gasteiger partial charge in [0.15, 0.2) is 0 Å². The monoisotopic (exact) mass is 488 g/mol. The number of H-pyrrole nitrogens is 1. The molecule has 0 unspecified atom stereocenters. The van der Waals surface area contributed by atoms with Gasteiger partial charge < -0.3 is 5.11 Å². The number of aromatic nitrogens is 1. The lowest BCUT2D eigenvalue weighted by atomic mass is 10.1. The Hall–Kier alpha value is -3.88. The number of thiazole rings is 1. The number of para-hydroxylation sites is 1. The SMILES string of the molecule is O=c1[nH]c(O)c(-c2ccc(CN(c3ccccc3)S(=O)(=O)c3cccc4ccccc34)cc2)s1. The van der Waals surface area contributed by atoms with E-state index in [2.05, 4.69) is 4.98 Å². The summed E-state index contributed by atoms with van der Waals surface area (Å²) in [5, 5.41) is 11.5. The van der Waals surface area contributed by atoms with Crippen LogP contribution in [0.4, 0.5) is 5.69 Å². The Kier molecular flexibility index (Phi) is 5.69. The summed E-state index contributed by atoms with van der Waals surface area (Å²) in [5.74, 6) is -0.174. The highest BCUT2D eigenvalue weighted by molar-refractivity contribution is 7.93. The van der Waals surface area contributed by atoms with Crippen LogP contribution >= 0.6 is 11.3 Å². The molecule has 0 amide bonds. The second-order valence-electron chi connectivity index (χ2n) is 7.71. The number of anilines is 1. The van der Waals surface area contributed by atoms with Crippen LogP contribution in [-0.4, -0.2) is 18.5 Å². The van der Waals surface area contributed by atoms with Gasteiger partial charge in [0.05, 0.1) is 22.0 Å². The summed E-state index contributed by atoms with van der Waals surface area (Å²) in [6.07, 6.45) is 0. The topological polar surface area (TPSA) is 90.5 Å². The molecule has 6 nitrogen and oxygen atoms in total. The Balaban J connectivity index is 1.56. The zero-order valence-electron chi connectivity index (χ0n) is 17.9. The first-order valence-electron chi connectivity index (χ1n) is 10.5. The molecule has 0 atom stereocenters. The van der Waals surface area contributed by atoms with E-state index in [1.165, 1.54) is 4.31 Å². The number of aromatic amines is 1. The van der Waals surface area contributed by atoms with Crippen LogP contribution in [0, 0.1) is 0 Å². The highest BCUT2D eigenvalue weighted by Gasteiger charge is 2.27. The van der Waals surface area contributed by atoms with Crippen molar-refractivity contribution in [1.29, 1.82) is 0 Å². The first-order chi connectivity index (χ1) is 16.4. The molecule has 0 bridgehead atoms. The molecule has 8 heteroatoms. The van der Waals surface area contributed by atoms with E-state index < -0.39 is 10.0 Å². The molecule has 1 aromatic heterocycles. The molecule has 0 saturated heterocycles. The van der Waals surface area contributed by atoms with E-state index >= 15 is 0 Å². The maximum absolute atomic E-state index is 13.9. The van der Waals surface area contributed by atoms with Crippen LogP contribution in [0.25, 0.3) is 21.2 Å². The van der Waals surface area contributed by atoms with Crippen molar-refractivity contribution in [2.75, 3.05) is 4.31 Å². The van der Waals surface area contributed by atoms with Crippen molar-refractivity contribution >= 4 is 37.8 Å². The molecule has 0 aliphatic heterocycles. The molecule has 4 aromatic carbocycles. The highest BCUT2D eigenvalue weighted by atomic mass is 32.2. The molecule has 0 radical (unpaired) electrons. The third-order valence-corrected chi connectivity index (χ3v) is 8.29. The van der Waals surface area contributed by atoms with Gasteiger partial charge in [-0.2, -0.15) is 0 Å². The van der Waals surface area contributed by atoms with Gasteiger partial charge in [-0.05, 0) is 34.7 Å². The Morgan fingerprint density at radius 1 is 0.824 bits per heavy atom. The van der Waals surface area contributed by atoms with Gasteiger partial charge in [-0.3, -0.25) is 14.1 Å². The summed E-state index contributed by atoms with van der Waals surface area (Å²) < 4.78 is 29.3. The van der Waals surface area contributed by atoms with Crippen molar-refractivity contribution in [2.24, 2.45) is 0 Å². The molecular weight excluding hydrogens is 468 g/mol. The van der Waals surface area contributed by atoms with Gasteiger partial charge in [0.25, 0.3) is 10.0 Å².